The molecule has 0 aliphatic carbocycles. The Hall–Kier alpha value is -8.19. The van der Waals surface area contributed by atoms with Crippen molar-refractivity contribution in [3.05, 3.63) is 194 Å². The molecule has 0 amide bonds. The molecule has 0 bridgehead atoms. The Balaban J connectivity index is 1.02. The number of furan rings is 1. The van der Waals surface area contributed by atoms with Crippen LogP contribution in [0.5, 0.6) is 0 Å². The molecule has 63 heavy (non-hydrogen) atoms. The zero-order valence-electron chi connectivity index (χ0n) is 33.6. The SMILES string of the molecule is c1ccc(-c2nc(-c3cccc4c3oc3ccc5ccc(-n6c7cc8ccccc8cc7c7ccc8ccccc8c76)cc5c34)nc(-c3cccc4sc5ccccc5c34)n2)cc1. The normalized spacial score (nSPS) is 12.1. The van der Waals surface area contributed by atoms with Gasteiger partial charge in [0.1, 0.15) is 11.2 Å². The first-order valence-electron chi connectivity index (χ1n) is 21.2. The van der Waals surface area contributed by atoms with E-state index in [1.54, 1.807) is 11.3 Å². The van der Waals surface area contributed by atoms with Crippen LogP contribution in [-0.2, 0) is 0 Å². The Morgan fingerprint density at radius 1 is 0.397 bits per heavy atom. The van der Waals surface area contributed by atoms with E-state index < -0.39 is 0 Å². The van der Waals surface area contributed by atoms with Gasteiger partial charge in [-0.1, -0.05) is 146 Å². The van der Waals surface area contributed by atoms with Crippen molar-refractivity contribution in [2.24, 2.45) is 0 Å². The fourth-order valence-corrected chi connectivity index (χ4v) is 11.1. The number of aromatic nitrogens is 4. The second kappa shape index (κ2) is 13.2. The van der Waals surface area contributed by atoms with Crippen LogP contribution in [0.15, 0.2) is 199 Å². The number of benzene rings is 10. The molecule has 0 fully saturated rings. The molecule has 14 rings (SSSR count). The Kier molecular flexibility index (Phi) is 7.21. The summed E-state index contributed by atoms with van der Waals surface area (Å²) in [5, 5.41) is 14.1. The second-order valence-corrected chi connectivity index (χ2v) is 17.4. The van der Waals surface area contributed by atoms with Gasteiger partial charge in [-0.25, -0.2) is 15.0 Å². The first kappa shape index (κ1) is 34.5. The summed E-state index contributed by atoms with van der Waals surface area (Å²) in [7, 11) is 0. The topological polar surface area (TPSA) is 56.7 Å². The lowest BCUT2D eigenvalue weighted by atomic mass is 10.0. The molecule has 292 valence electrons. The van der Waals surface area contributed by atoms with Crippen LogP contribution in [0.2, 0.25) is 0 Å². The molecule has 0 aliphatic rings. The summed E-state index contributed by atoms with van der Waals surface area (Å²) in [5.74, 6) is 1.80. The van der Waals surface area contributed by atoms with E-state index in [0.29, 0.717) is 17.5 Å². The molecular formula is C57H32N4OS. The molecule has 0 aliphatic heterocycles. The van der Waals surface area contributed by atoms with Gasteiger partial charge in [0.2, 0.25) is 0 Å². The van der Waals surface area contributed by atoms with Crippen LogP contribution < -0.4 is 0 Å². The third-order valence-corrected chi connectivity index (χ3v) is 13.9. The van der Waals surface area contributed by atoms with Crippen LogP contribution in [0.4, 0.5) is 0 Å². The average Bonchev–Trinajstić information content (AvgIpc) is 4.03. The molecule has 5 nitrogen and oxygen atoms in total. The van der Waals surface area contributed by atoms with Crippen LogP contribution in [0.1, 0.15) is 0 Å². The molecular weight excluding hydrogens is 789 g/mol. The summed E-state index contributed by atoms with van der Waals surface area (Å²) in [6.45, 7) is 0. The summed E-state index contributed by atoms with van der Waals surface area (Å²) in [4.78, 5) is 15.6. The molecule has 0 saturated carbocycles. The van der Waals surface area contributed by atoms with Gasteiger partial charge in [0.25, 0.3) is 0 Å². The zero-order chi connectivity index (χ0) is 41.2. The monoisotopic (exact) mass is 820 g/mol. The molecule has 0 N–H and O–H groups in total. The van der Waals surface area contributed by atoms with Crippen molar-refractivity contribution >= 4 is 108 Å². The molecule has 4 aromatic heterocycles. The van der Waals surface area contributed by atoms with Crippen molar-refractivity contribution in [2.45, 2.75) is 0 Å². The van der Waals surface area contributed by atoms with E-state index in [0.717, 1.165) is 60.5 Å². The van der Waals surface area contributed by atoms with Gasteiger partial charge >= 0.3 is 0 Å². The third kappa shape index (κ3) is 5.13. The highest BCUT2D eigenvalue weighted by molar-refractivity contribution is 7.25. The Bertz CT molecular complexity index is 4220. The fraction of sp³-hybridized carbons (Fsp3) is 0. The molecule has 0 saturated heterocycles. The lowest BCUT2D eigenvalue weighted by molar-refractivity contribution is 0.670. The van der Waals surface area contributed by atoms with Crippen molar-refractivity contribution in [3.63, 3.8) is 0 Å². The highest BCUT2D eigenvalue weighted by Crippen LogP contribution is 2.44. The number of thiophene rings is 1. The largest absolute Gasteiger partial charge is 0.455 e. The molecule has 14 aromatic rings. The highest BCUT2D eigenvalue weighted by atomic mass is 32.1. The first-order valence-corrected chi connectivity index (χ1v) is 22.0. The molecule has 0 unspecified atom stereocenters. The van der Waals surface area contributed by atoms with Gasteiger partial charge in [0, 0.05) is 63.9 Å². The van der Waals surface area contributed by atoms with Gasteiger partial charge in [0.15, 0.2) is 17.5 Å². The number of fused-ring (bicyclic) bond motifs is 14. The smallest absolute Gasteiger partial charge is 0.167 e. The maximum absolute atomic E-state index is 6.92. The third-order valence-electron chi connectivity index (χ3n) is 12.8. The van der Waals surface area contributed by atoms with E-state index >= 15 is 0 Å². The Morgan fingerprint density at radius 2 is 1.05 bits per heavy atom. The summed E-state index contributed by atoms with van der Waals surface area (Å²) < 4.78 is 11.8. The predicted molar refractivity (Wildman–Crippen MR) is 263 cm³/mol. The highest BCUT2D eigenvalue weighted by Gasteiger charge is 2.22. The van der Waals surface area contributed by atoms with Gasteiger partial charge in [-0.15, -0.1) is 11.3 Å². The van der Waals surface area contributed by atoms with Crippen molar-refractivity contribution in [2.75, 3.05) is 0 Å². The Morgan fingerprint density at radius 3 is 1.94 bits per heavy atom. The average molecular weight is 821 g/mol. The summed E-state index contributed by atoms with van der Waals surface area (Å²) in [6, 6.07) is 69.2. The van der Waals surface area contributed by atoms with E-state index in [2.05, 4.69) is 180 Å². The number of hydrogen-bond acceptors (Lipinski definition) is 5. The van der Waals surface area contributed by atoms with E-state index in [1.807, 2.05) is 18.2 Å². The number of nitrogens with zero attached hydrogens (tertiary/aromatic N) is 4. The van der Waals surface area contributed by atoms with Crippen molar-refractivity contribution in [1.82, 2.24) is 19.5 Å². The Labute approximate surface area is 363 Å². The first-order chi connectivity index (χ1) is 31.2. The molecule has 4 heterocycles. The van der Waals surface area contributed by atoms with Gasteiger partial charge in [-0.3, -0.25) is 0 Å². The fourth-order valence-electron chi connectivity index (χ4n) is 9.94. The maximum Gasteiger partial charge on any atom is 0.167 e. The van der Waals surface area contributed by atoms with Gasteiger partial charge < -0.3 is 8.98 Å². The van der Waals surface area contributed by atoms with E-state index in [4.69, 9.17) is 19.4 Å². The molecule has 0 radical (unpaired) electrons. The molecule has 0 spiro atoms. The number of para-hydroxylation sites is 1. The second-order valence-electron chi connectivity index (χ2n) is 16.3. The standard InChI is InChI=1S/C57H32N4OS/c1-2-13-35(14-3-1)55-58-56(43-20-11-23-50-52(43)41-18-8-9-22-49(41)63-50)60-57(59-55)44-21-10-19-42-51-45-32-38(27-24-34(45)26-29-48(51)62-54(42)44)61-47-31-37-16-5-4-15-36(37)30-46(47)40-28-25-33-12-6-7-17-39(33)53(40)61/h1-32H. The zero-order valence-corrected chi connectivity index (χ0v) is 34.4. The maximum atomic E-state index is 6.92. The van der Waals surface area contributed by atoms with E-state index in [9.17, 15) is 0 Å². The molecule has 0 atom stereocenters. The van der Waals surface area contributed by atoms with Gasteiger partial charge in [-0.05, 0) is 75.5 Å². The van der Waals surface area contributed by atoms with Crippen LogP contribution in [0.3, 0.4) is 0 Å². The van der Waals surface area contributed by atoms with Gasteiger partial charge in [0.05, 0.1) is 16.6 Å². The van der Waals surface area contributed by atoms with Crippen LogP contribution in [-0.4, -0.2) is 19.5 Å². The van der Waals surface area contributed by atoms with Crippen molar-refractivity contribution in [3.8, 4) is 39.9 Å². The minimum Gasteiger partial charge on any atom is -0.455 e. The lowest BCUT2D eigenvalue weighted by Crippen LogP contribution is -2.00. The molecule has 6 heteroatoms. The predicted octanol–water partition coefficient (Wildman–Crippen LogP) is 15.7. The summed E-state index contributed by atoms with van der Waals surface area (Å²) in [5.41, 5.74) is 7.75. The van der Waals surface area contributed by atoms with E-state index in [1.165, 1.54) is 58.1 Å². The van der Waals surface area contributed by atoms with E-state index in [-0.39, 0.29) is 0 Å². The van der Waals surface area contributed by atoms with Crippen LogP contribution in [0.25, 0.3) is 136 Å². The minimum absolute atomic E-state index is 0.564. The molecule has 10 aromatic carbocycles. The summed E-state index contributed by atoms with van der Waals surface area (Å²) >= 11 is 1.79. The lowest BCUT2D eigenvalue weighted by Gasteiger charge is -2.12. The van der Waals surface area contributed by atoms with Crippen LogP contribution in [0, 0.1) is 0 Å². The van der Waals surface area contributed by atoms with Crippen molar-refractivity contribution < 1.29 is 4.42 Å². The summed E-state index contributed by atoms with van der Waals surface area (Å²) in [6.07, 6.45) is 0. The minimum atomic E-state index is 0.564. The number of rotatable bonds is 4. The van der Waals surface area contributed by atoms with Crippen LogP contribution >= 0.6 is 11.3 Å². The van der Waals surface area contributed by atoms with Gasteiger partial charge in [-0.2, -0.15) is 0 Å². The number of hydrogen-bond donors (Lipinski definition) is 0. The van der Waals surface area contributed by atoms with Crippen molar-refractivity contribution in [1.29, 1.82) is 0 Å². The quantitative estimate of drug-likeness (QED) is 0.177.